The largest absolute Gasteiger partial charge is 0.307 e. The number of pyridine rings is 2. The van der Waals surface area contributed by atoms with Gasteiger partial charge in [0.2, 0.25) is 0 Å². The molecule has 0 unspecified atom stereocenters. The Morgan fingerprint density at radius 2 is 0.952 bits per heavy atom. The van der Waals surface area contributed by atoms with Gasteiger partial charge in [0.1, 0.15) is 0 Å². The Labute approximate surface area is 243 Å². The van der Waals surface area contributed by atoms with Crippen LogP contribution in [-0.2, 0) is 12.8 Å². The van der Waals surface area contributed by atoms with Gasteiger partial charge in [0.15, 0.2) is 0 Å². The van der Waals surface area contributed by atoms with Gasteiger partial charge in [-0.1, -0.05) is 36.4 Å². The normalized spacial score (nSPS) is 12.8. The minimum absolute atomic E-state index is 1.04. The van der Waals surface area contributed by atoms with Crippen LogP contribution in [0.3, 0.4) is 0 Å². The quantitative estimate of drug-likeness (QED) is 0.219. The van der Waals surface area contributed by atoms with Crippen molar-refractivity contribution in [2.75, 3.05) is 0 Å². The van der Waals surface area contributed by atoms with Crippen molar-refractivity contribution in [3.05, 3.63) is 132 Å². The summed E-state index contributed by atoms with van der Waals surface area (Å²) in [6.45, 7) is 4.34. The van der Waals surface area contributed by atoms with E-state index in [1.54, 1.807) is 0 Å². The number of fused-ring (bicyclic) bond motifs is 9. The Balaban J connectivity index is 1.38. The van der Waals surface area contributed by atoms with Crippen molar-refractivity contribution in [1.82, 2.24) is 19.1 Å². The lowest BCUT2D eigenvalue weighted by molar-refractivity contribution is 0.945. The average molecular weight is 541 g/mol. The maximum absolute atomic E-state index is 4.51. The Bertz CT molecular complexity index is 2220. The van der Waals surface area contributed by atoms with Crippen LogP contribution < -0.4 is 0 Å². The Kier molecular flexibility index (Phi) is 4.83. The van der Waals surface area contributed by atoms with E-state index in [1.807, 2.05) is 24.8 Å². The van der Waals surface area contributed by atoms with Crippen LogP contribution in [0.1, 0.15) is 22.3 Å². The summed E-state index contributed by atoms with van der Waals surface area (Å²) in [7, 11) is 0. The van der Waals surface area contributed by atoms with Crippen molar-refractivity contribution in [2.45, 2.75) is 26.7 Å². The van der Waals surface area contributed by atoms with Gasteiger partial charge in [-0.05, 0) is 109 Å². The van der Waals surface area contributed by atoms with E-state index in [2.05, 4.69) is 118 Å². The van der Waals surface area contributed by atoms with E-state index in [9.17, 15) is 0 Å². The lowest BCUT2D eigenvalue weighted by atomic mass is 9.84. The van der Waals surface area contributed by atoms with Gasteiger partial charge in [-0.3, -0.25) is 9.97 Å². The summed E-state index contributed by atoms with van der Waals surface area (Å²) >= 11 is 0. The monoisotopic (exact) mass is 540 g/mol. The van der Waals surface area contributed by atoms with Gasteiger partial charge in [0.05, 0.1) is 45.8 Å². The molecule has 4 heteroatoms. The van der Waals surface area contributed by atoms with Gasteiger partial charge in [0, 0.05) is 33.9 Å². The topological polar surface area (TPSA) is 35.6 Å². The highest BCUT2D eigenvalue weighted by atomic mass is 15.0. The molecule has 0 fully saturated rings. The van der Waals surface area contributed by atoms with Gasteiger partial charge < -0.3 is 9.13 Å². The molecule has 0 amide bonds. The molecule has 0 spiro atoms. The summed E-state index contributed by atoms with van der Waals surface area (Å²) < 4.78 is 4.80. The first-order chi connectivity index (χ1) is 20.7. The van der Waals surface area contributed by atoms with Crippen molar-refractivity contribution in [3.8, 4) is 22.5 Å². The van der Waals surface area contributed by atoms with Gasteiger partial charge in [-0.2, -0.15) is 0 Å². The van der Waals surface area contributed by atoms with E-state index in [0.29, 0.717) is 0 Å². The van der Waals surface area contributed by atoms with Crippen LogP contribution in [0.15, 0.2) is 110 Å². The molecule has 0 saturated carbocycles. The first-order valence-corrected chi connectivity index (χ1v) is 14.6. The fourth-order valence-corrected chi connectivity index (χ4v) is 7.20. The summed E-state index contributed by atoms with van der Waals surface area (Å²) in [5.41, 5.74) is 15.1. The highest BCUT2D eigenvalue weighted by Gasteiger charge is 2.24. The second-order valence-electron chi connectivity index (χ2n) is 11.6. The van der Waals surface area contributed by atoms with Crippen LogP contribution >= 0.6 is 0 Å². The number of hydrogen-bond acceptors (Lipinski definition) is 2. The second-order valence-corrected chi connectivity index (χ2v) is 11.6. The molecule has 1 aliphatic rings. The zero-order chi connectivity index (χ0) is 27.9. The van der Waals surface area contributed by atoms with Crippen molar-refractivity contribution < 1.29 is 0 Å². The molecule has 4 aromatic heterocycles. The summed E-state index contributed by atoms with van der Waals surface area (Å²) in [4.78, 5) is 9.02. The molecule has 0 radical (unpaired) electrons. The fourth-order valence-electron chi connectivity index (χ4n) is 7.20. The minimum Gasteiger partial charge on any atom is -0.307 e. The van der Waals surface area contributed by atoms with Gasteiger partial charge in [0.25, 0.3) is 0 Å². The smallest absolute Gasteiger partial charge is 0.0674 e. The summed E-state index contributed by atoms with van der Waals surface area (Å²) in [5, 5.41) is 5.17. The lowest BCUT2D eigenvalue weighted by Gasteiger charge is -2.22. The Morgan fingerprint density at radius 3 is 1.40 bits per heavy atom. The molecule has 4 nitrogen and oxygen atoms in total. The van der Waals surface area contributed by atoms with E-state index < -0.39 is 0 Å². The molecule has 0 N–H and O–H groups in total. The first kappa shape index (κ1) is 23.5. The molecule has 0 saturated heterocycles. The van der Waals surface area contributed by atoms with Gasteiger partial charge in [-0.15, -0.1) is 0 Å². The zero-order valence-corrected chi connectivity index (χ0v) is 23.6. The van der Waals surface area contributed by atoms with Gasteiger partial charge in [-0.25, -0.2) is 0 Å². The number of hydrogen-bond donors (Lipinski definition) is 0. The molecule has 4 aromatic carbocycles. The Hall–Kier alpha value is -5.22. The molecule has 42 heavy (non-hydrogen) atoms. The van der Waals surface area contributed by atoms with E-state index in [0.717, 1.165) is 24.2 Å². The second kappa shape index (κ2) is 8.64. The zero-order valence-electron chi connectivity index (χ0n) is 23.6. The maximum Gasteiger partial charge on any atom is 0.0674 e. The van der Waals surface area contributed by atoms with Crippen molar-refractivity contribution in [3.63, 3.8) is 0 Å². The fraction of sp³-hybridized carbons (Fsp3) is 0.105. The SMILES string of the molecule is Cc1ccncc1-n1c2ccccc2c2cc3c(cc21)-c1cc2c(cc1CC3)c1ccccc1n2-c1cnccc1C. The van der Waals surface area contributed by atoms with Crippen LogP contribution in [0.4, 0.5) is 0 Å². The first-order valence-electron chi connectivity index (χ1n) is 14.6. The van der Waals surface area contributed by atoms with E-state index in [1.165, 1.54) is 77.0 Å². The number of nitrogens with zero attached hydrogens (tertiary/aromatic N) is 4. The molecule has 0 aliphatic heterocycles. The van der Waals surface area contributed by atoms with Crippen molar-refractivity contribution >= 4 is 43.6 Å². The van der Waals surface area contributed by atoms with Gasteiger partial charge >= 0.3 is 0 Å². The lowest BCUT2D eigenvalue weighted by Crippen LogP contribution is -2.05. The van der Waals surface area contributed by atoms with Crippen LogP contribution in [0.2, 0.25) is 0 Å². The number of rotatable bonds is 2. The van der Waals surface area contributed by atoms with Crippen LogP contribution in [0.5, 0.6) is 0 Å². The maximum atomic E-state index is 4.51. The molecule has 9 rings (SSSR count). The molecular formula is C38H28N4. The molecule has 0 bridgehead atoms. The van der Waals surface area contributed by atoms with Crippen LogP contribution in [0, 0.1) is 13.8 Å². The average Bonchev–Trinajstić information content (AvgIpc) is 3.51. The van der Waals surface area contributed by atoms with E-state index in [4.69, 9.17) is 0 Å². The summed E-state index contributed by atoms with van der Waals surface area (Å²) in [6.07, 6.45) is 9.81. The molecule has 8 aromatic rings. The molecule has 0 atom stereocenters. The minimum atomic E-state index is 1.04. The Morgan fingerprint density at radius 1 is 0.500 bits per heavy atom. The summed E-state index contributed by atoms with van der Waals surface area (Å²) in [6, 6.07) is 31.5. The van der Waals surface area contributed by atoms with Crippen molar-refractivity contribution in [1.29, 1.82) is 0 Å². The number of benzene rings is 4. The predicted molar refractivity (Wildman–Crippen MR) is 173 cm³/mol. The van der Waals surface area contributed by atoms with Crippen LogP contribution in [0.25, 0.3) is 66.1 Å². The molecule has 1 aliphatic carbocycles. The van der Waals surface area contributed by atoms with Crippen molar-refractivity contribution in [2.24, 2.45) is 0 Å². The highest BCUT2D eigenvalue weighted by Crippen LogP contribution is 2.44. The molecule has 200 valence electrons. The molecular weight excluding hydrogens is 512 g/mol. The standard InChI is InChI=1S/C38H28N4/c1-23-13-15-39-21-37(23)41-33-9-5-3-7-27(33)31-17-25-11-12-26-18-32-28-8-4-6-10-34(28)42(38-22-40-16-14-24(38)2)36(32)20-30(26)29(25)19-35(31)41/h3-10,13-22H,11-12H2,1-2H3. The number of aryl methyl sites for hydroxylation is 4. The third-order valence-electron chi connectivity index (χ3n) is 9.25. The third-order valence-corrected chi connectivity index (χ3v) is 9.25. The molecule has 4 heterocycles. The highest BCUT2D eigenvalue weighted by molar-refractivity contribution is 6.13. The number of para-hydroxylation sites is 2. The third kappa shape index (κ3) is 3.18. The predicted octanol–water partition coefficient (Wildman–Crippen LogP) is 9.05. The van der Waals surface area contributed by atoms with Crippen LogP contribution in [-0.4, -0.2) is 19.1 Å². The number of aromatic nitrogens is 4. The van der Waals surface area contributed by atoms with E-state index >= 15 is 0 Å². The summed E-state index contributed by atoms with van der Waals surface area (Å²) in [5.74, 6) is 0. The van der Waals surface area contributed by atoms with E-state index in [-0.39, 0.29) is 0 Å².